The molecule has 2 aromatic heterocycles. The molecule has 0 bridgehead atoms. The lowest BCUT2D eigenvalue weighted by Crippen LogP contribution is -2.61. The van der Waals surface area contributed by atoms with Crippen molar-refractivity contribution in [3.63, 3.8) is 0 Å². The Kier molecular flexibility index (Phi) is 8.76. The number of fused-ring (bicyclic) bond motifs is 7. The van der Waals surface area contributed by atoms with Gasteiger partial charge in [0.15, 0.2) is 0 Å². The summed E-state index contributed by atoms with van der Waals surface area (Å²) in [5.41, 5.74) is 24.8. The summed E-state index contributed by atoms with van der Waals surface area (Å²) in [6, 6.07) is 36.7. The standard InChI is InChI=1S/C57H59BN2O2/c1-32-23-46-50-47(24-32)60(52-35(4)27-40(28-36(52)5)57(12,13)14)53-42-30-38(55(6,7)8)20-22-49(42)62-54(53)58(50)44-21-19-37(43-31-61-48-18-16-15-17-41(43)48)29-45(44)59(46)51-33(2)25-39(26-34(51)3)56(9,10)11/h15-31H,1-14H3. The SMILES string of the molecule is Cc1cc2c3c(c1)N(c1c(C)cc(C(C)(C)C)cc1C)c1c(oc4ccc(C(C)(C)C)cc14)B3c1ccc(-c3coc4ccccc34)cc1N2c1c(C)cc(C(C)(C)C)cc1C. The second-order valence-electron chi connectivity index (χ2n) is 21.4. The van der Waals surface area contributed by atoms with Crippen LogP contribution in [0.2, 0.25) is 0 Å². The van der Waals surface area contributed by atoms with E-state index < -0.39 is 0 Å². The first-order valence-electron chi connectivity index (χ1n) is 22.4. The lowest BCUT2D eigenvalue weighted by Gasteiger charge is -2.44. The fourth-order valence-corrected chi connectivity index (χ4v) is 10.4. The van der Waals surface area contributed by atoms with Crippen LogP contribution in [0.1, 0.15) is 107 Å². The van der Waals surface area contributed by atoms with Crippen molar-refractivity contribution in [2.24, 2.45) is 0 Å². The Morgan fingerprint density at radius 3 is 1.65 bits per heavy atom. The molecular formula is C57H59BN2O2. The van der Waals surface area contributed by atoms with Gasteiger partial charge in [0.25, 0.3) is 6.71 Å². The number of nitrogens with zero attached hydrogens (tertiary/aromatic N) is 2. The van der Waals surface area contributed by atoms with Crippen molar-refractivity contribution >= 4 is 79.4 Å². The number of hydrogen-bond donors (Lipinski definition) is 0. The predicted octanol–water partition coefficient (Wildman–Crippen LogP) is 14.4. The average Bonchev–Trinajstić information content (AvgIpc) is 3.79. The molecule has 0 radical (unpaired) electrons. The van der Waals surface area contributed by atoms with E-state index in [1.54, 1.807) is 0 Å². The summed E-state index contributed by atoms with van der Waals surface area (Å²) >= 11 is 0. The first-order valence-corrected chi connectivity index (χ1v) is 22.4. The van der Waals surface area contributed by atoms with Crippen LogP contribution in [0.4, 0.5) is 34.1 Å². The van der Waals surface area contributed by atoms with Crippen LogP contribution in [0.25, 0.3) is 33.1 Å². The quantitative estimate of drug-likeness (QED) is 0.166. The maximum atomic E-state index is 7.33. The second-order valence-corrected chi connectivity index (χ2v) is 21.4. The van der Waals surface area contributed by atoms with Gasteiger partial charge in [-0.1, -0.05) is 123 Å². The van der Waals surface area contributed by atoms with Gasteiger partial charge in [0.1, 0.15) is 11.2 Å². The highest BCUT2D eigenvalue weighted by atomic mass is 16.3. The Labute approximate surface area is 368 Å². The summed E-state index contributed by atoms with van der Waals surface area (Å²) in [5, 5.41) is 2.26. The van der Waals surface area contributed by atoms with Crippen LogP contribution in [-0.2, 0) is 16.2 Å². The van der Waals surface area contributed by atoms with Crippen molar-refractivity contribution in [3.05, 3.63) is 148 Å². The molecule has 0 saturated heterocycles. The van der Waals surface area contributed by atoms with Crippen LogP contribution >= 0.6 is 0 Å². The molecule has 0 amide bonds. The average molecular weight is 815 g/mol. The minimum Gasteiger partial charge on any atom is -0.468 e. The van der Waals surface area contributed by atoms with Crippen molar-refractivity contribution in [1.29, 1.82) is 0 Å². The number of anilines is 6. The highest BCUT2D eigenvalue weighted by molar-refractivity contribution is 7.00. The number of aryl methyl sites for hydroxylation is 5. The molecule has 8 aromatic rings. The molecule has 10 rings (SSSR count). The monoisotopic (exact) mass is 814 g/mol. The maximum Gasteiger partial charge on any atom is 0.297 e. The van der Waals surface area contributed by atoms with E-state index in [2.05, 4.69) is 198 Å². The molecule has 0 spiro atoms. The molecule has 0 atom stereocenters. The molecule has 2 aliphatic rings. The molecule has 4 heterocycles. The van der Waals surface area contributed by atoms with Gasteiger partial charge < -0.3 is 18.6 Å². The van der Waals surface area contributed by atoms with Crippen LogP contribution in [0.5, 0.6) is 0 Å². The van der Waals surface area contributed by atoms with Crippen molar-refractivity contribution in [2.75, 3.05) is 9.80 Å². The zero-order valence-electron chi connectivity index (χ0n) is 39.1. The van der Waals surface area contributed by atoms with Gasteiger partial charge in [-0.15, -0.1) is 0 Å². The van der Waals surface area contributed by atoms with Crippen LogP contribution in [0.3, 0.4) is 0 Å². The molecule has 0 N–H and O–H groups in total. The third-order valence-electron chi connectivity index (χ3n) is 13.6. The van der Waals surface area contributed by atoms with Crippen LogP contribution in [-0.4, -0.2) is 6.71 Å². The third-order valence-corrected chi connectivity index (χ3v) is 13.6. The number of hydrogen-bond acceptors (Lipinski definition) is 4. The van der Waals surface area contributed by atoms with Crippen molar-refractivity contribution < 1.29 is 8.83 Å². The first kappa shape index (κ1) is 40.2. The molecule has 0 fully saturated rings. The van der Waals surface area contributed by atoms with E-state index in [9.17, 15) is 0 Å². The van der Waals surface area contributed by atoms with E-state index in [1.165, 1.54) is 78.2 Å². The largest absolute Gasteiger partial charge is 0.468 e. The van der Waals surface area contributed by atoms with Gasteiger partial charge in [0.05, 0.1) is 29.0 Å². The van der Waals surface area contributed by atoms with Crippen molar-refractivity contribution in [2.45, 2.75) is 113 Å². The smallest absolute Gasteiger partial charge is 0.297 e. The number of benzene rings is 6. The van der Waals surface area contributed by atoms with Gasteiger partial charge in [-0.05, 0) is 148 Å². The normalized spacial score (nSPS) is 13.9. The third kappa shape index (κ3) is 6.09. The molecule has 0 saturated carbocycles. The number of para-hydroxylation sites is 1. The zero-order valence-corrected chi connectivity index (χ0v) is 39.1. The maximum absolute atomic E-state index is 7.33. The summed E-state index contributed by atoms with van der Waals surface area (Å²) < 4.78 is 13.5. The molecule has 2 aliphatic heterocycles. The number of rotatable bonds is 3. The fraction of sp³-hybridized carbons (Fsp3) is 0.298. The van der Waals surface area contributed by atoms with Gasteiger partial charge in [-0.2, -0.15) is 0 Å². The minimum atomic E-state index is -0.150. The van der Waals surface area contributed by atoms with Gasteiger partial charge in [0, 0.05) is 33.4 Å². The molecule has 6 aromatic carbocycles. The summed E-state index contributed by atoms with van der Waals surface area (Å²) in [6.45, 7) is 32.0. The Morgan fingerprint density at radius 2 is 1.05 bits per heavy atom. The van der Waals surface area contributed by atoms with Crippen molar-refractivity contribution in [3.8, 4) is 11.1 Å². The molecule has 4 nitrogen and oxygen atoms in total. The minimum absolute atomic E-state index is 0.0142. The second kappa shape index (κ2) is 13.5. The molecule has 0 unspecified atom stereocenters. The van der Waals surface area contributed by atoms with Gasteiger partial charge in [-0.3, -0.25) is 0 Å². The summed E-state index contributed by atoms with van der Waals surface area (Å²) in [6.07, 6.45) is 1.92. The number of furan rings is 2. The van der Waals surface area contributed by atoms with Crippen LogP contribution in [0, 0.1) is 34.6 Å². The molecule has 5 heteroatoms. The molecule has 0 aliphatic carbocycles. The van der Waals surface area contributed by atoms with E-state index in [1.807, 2.05) is 12.3 Å². The lowest BCUT2D eigenvalue weighted by molar-refractivity contribution is 0.589. The zero-order chi connectivity index (χ0) is 43.9. The van der Waals surface area contributed by atoms with E-state index >= 15 is 0 Å². The topological polar surface area (TPSA) is 32.8 Å². The van der Waals surface area contributed by atoms with Crippen LogP contribution in [0.15, 0.2) is 112 Å². The Bertz CT molecular complexity index is 3110. The van der Waals surface area contributed by atoms with Gasteiger partial charge in [0.2, 0.25) is 0 Å². The summed E-state index contributed by atoms with van der Waals surface area (Å²) in [5.74, 6) is 0. The van der Waals surface area contributed by atoms with E-state index in [-0.39, 0.29) is 23.0 Å². The molecule has 62 heavy (non-hydrogen) atoms. The van der Waals surface area contributed by atoms with E-state index in [0.29, 0.717) is 0 Å². The van der Waals surface area contributed by atoms with Gasteiger partial charge in [-0.25, -0.2) is 0 Å². The highest BCUT2D eigenvalue weighted by Crippen LogP contribution is 2.51. The lowest BCUT2D eigenvalue weighted by atomic mass is 9.35. The Balaban J connectivity index is 1.33. The fourth-order valence-electron chi connectivity index (χ4n) is 10.4. The van der Waals surface area contributed by atoms with Gasteiger partial charge >= 0.3 is 0 Å². The molecular weight excluding hydrogens is 755 g/mol. The predicted molar refractivity (Wildman–Crippen MR) is 265 cm³/mol. The summed E-state index contributed by atoms with van der Waals surface area (Å²) in [4.78, 5) is 5.15. The van der Waals surface area contributed by atoms with Crippen molar-refractivity contribution in [1.82, 2.24) is 0 Å². The Hall–Kier alpha value is -5.94. The first-order chi connectivity index (χ1) is 29.2. The summed E-state index contributed by atoms with van der Waals surface area (Å²) in [7, 11) is 0. The van der Waals surface area contributed by atoms with E-state index in [4.69, 9.17) is 8.83 Å². The van der Waals surface area contributed by atoms with E-state index in [0.717, 1.165) is 50.1 Å². The Morgan fingerprint density at radius 1 is 0.484 bits per heavy atom. The highest BCUT2D eigenvalue weighted by Gasteiger charge is 2.48. The van der Waals surface area contributed by atoms with Crippen LogP contribution < -0.4 is 26.4 Å². The molecule has 312 valence electrons.